The largest absolute Gasteiger partial charge is 0.355 e. The van der Waals surface area contributed by atoms with E-state index in [1.165, 1.54) is 59.5 Å². The molecule has 1 saturated carbocycles. The van der Waals surface area contributed by atoms with Crippen molar-refractivity contribution < 1.29 is 0 Å². The molecule has 0 bridgehead atoms. The second kappa shape index (κ2) is 5.19. The van der Waals surface area contributed by atoms with Crippen LogP contribution < -0.4 is 5.73 Å². The zero-order valence-electron chi connectivity index (χ0n) is 12.3. The van der Waals surface area contributed by atoms with Gasteiger partial charge in [0.25, 0.3) is 0 Å². The number of benzene rings is 2. The second-order valence-electron chi connectivity index (χ2n) is 6.40. The second-order valence-corrected chi connectivity index (χ2v) is 6.40. The van der Waals surface area contributed by atoms with E-state index in [2.05, 4.69) is 47.4 Å². The first-order valence-electron chi connectivity index (χ1n) is 8.09. The maximum atomic E-state index is 6.56. The summed E-state index contributed by atoms with van der Waals surface area (Å²) in [6.07, 6.45) is 6.63. The van der Waals surface area contributed by atoms with Crippen LogP contribution in [0, 0.1) is 5.92 Å². The van der Waals surface area contributed by atoms with Crippen molar-refractivity contribution in [1.29, 1.82) is 0 Å². The van der Waals surface area contributed by atoms with Crippen LogP contribution in [0.25, 0.3) is 21.8 Å². The van der Waals surface area contributed by atoms with Gasteiger partial charge in [0.2, 0.25) is 0 Å². The third kappa shape index (κ3) is 2.24. The summed E-state index contributed by atoms with van der Waals surface area (Å²) < 4.78 is 0. The molecule has 3 aromatic rings. The molecule has 0 amide bonds. The summed E-state index contributed by atoms with van der Waals surface area (Å²) in [5.41, 5.74) is 10.3. The van der Waals surface area contributed by atoms with Crippen LogP contribution in [0.2, 0.25) is 0 Å². The number of para-hydroxylation sites is 1. The molecule has 1 heterocycles. The third-order valence-electron chi connectivity index (χ3n) is 5.07. The van der Waals surface area contributed by atoms with Gasteiger partial charge < -0.3 is 10.7 Å². The van der Waals surface area contributed by atoms with Gasteiger partial charge in [0.05, 0.1) is 0 Å². The molecule has 0 radical (unpaired) electrons. The first-order valence-corrected chi connectivity index (χ1v) is 8.09. The fraction of sp³-hybridized carbons (Fsp3) is 0.368. The molecular formula is C19H22N2. The summed E-state index contributed by atoms with van der Waals surface area (Å²) in [6.45, 7) is 0. The lowest BCUT2D eigenvalue weighted by Crippen LogP contribution is -2.23. The molecule has 0 saturated heterocycles. The molecule has 21 heavy (non-hydrogen) atoms. The van der Waals surface area contributed by atoms with E-state index in [1.807, 2.05) is 0 Å². The Kier molecular flexibility index (Phi) is 3.19. The normalized spacial score (nSPS) is 18.3. The zero-order valence-corrected chi connectivity index (χ0v) is 12.3. The minimum Gasteiger partial charge on any atom is -0.355 e. The predicted molar refractivity (Wildman–Crippen MR) is 89.3 cm³/mol. The van der Waals surface area contributed by atoms with E-state index in [4.69, 9.17) is 5.73 Å². The first kappa shape index (κ1) is 12.9. The number of rotatable bonds is 2. The van der Waals surface area contributed by atoms with Crippen LogP contribution in [0.3, 0.4) is 0 Å². The highest BCUT2D eigenvalue weighted by Gasteiger charge is 2.22. The van der Waals surface area contributed by atoms with Gasteiger partial charge in [0.15, 0.2) is 0 Å². The summed E-state index contributed by atoms with van der Waals surface area (Å²) in [7, 11) is 0. The fourth-order valence-electron chi connectivity index (χ4n) is 3.84. The number of aromatic amines is 1. The average molecular weight is 278 g/mol. The standard InChI is InChI=1S/C19H22N2/c20-19(13-6-2-1-3-7-13)14-10-11-18-16(12-14)15-8-4-5-9-17(15)21-18/h4-5,8-13,19,21H,1-3,6-7,20H2. The molecule has 2 nitrogen and oxygen atoms in total. The van der Waals surface area contributed by atoms with Crippen LogP contribution in [0.15, 0.2) is 42.5 Å². The van der Waals surface area contributed by atoms with Gasteiger partial charge in [-0.25, -0.2) is 0 Å². The van der Waals surface area contributed by atoms with Gasteiger partial charge in [-0.1, -0.05) is 43.5 Å². The molecule has 4 rings (SSSR count). The zero-order chi connectivity index (χ0) is 14.2. The van der Waals surface area contributed by atoms with E-state index in [0.29, 0.717) is 5.92 Å². The summed E-state index contributed by atoms with van der Waals surface area (Å²) >= 11 is 0. The first-order chi connectivity index (χ1) is 10.3. The molecule has 1 aromatic heterocycles. The smallest absolute Gasteiger partial charge is 0.0465 e. The lowest BCUT2D eigenvalue weighted by atomic mass is 9.81. The number of hydrogen-bond donors (Lipinski definition) is 2. The number of H-pyrrole nitrogens is 1. The van der Waals surface area contributed by atoms with Gasteiger partial charge in [0.1, 0.15) is 0 Å². The molecule has 1 atom stereocenters. The lowest BCUT2D eigenvalue weighted by Gasteiger charge is -2.27. The van der Waals surface area contributed by atoms with Gasteiger partial charge in [-0.2, -0.15) is 0 Å². The van der Waals surface area contributed by atoms with Crippen molar-refractivity contribution in [3.05, 3.63) is 48.0 Å². The number of fused-ring (bicyclic) bond motifs is 3. The molecule has 0 spiro atoms. The summed E-state index contributed by atoms with van der Waals surface area (Å²) in [6, 6.07) is 15.4. The van der Waals surface area contributed by atoms with Crippen molar-refractivity contribution in [2.75, 3.05) is 0 Å². The van der Waals surface area contributed by atoms with Gasteiger partial charge in [-0.15, -0.1) is 0 Å². The predicted octanol–water partition coefficient (Wildman–Crippen LogP) is 4.90. The Morgan fingerprint density at radius 2 is 1.67 bits per heavy atom. The highest BCUT2D eigenvalue weighted by molar-refractivity contribution is 6.07. The SMILES string of the molecule is NC(c1ccc2[nH]c3ccccc3c2c1)C1CCCCC1. The highest BCUT2D eigenvalue weighted by atomic mass is 14.7. The van der Waals surface area contributed by atoms with Crippen molar-refractivity contribution in [2.24, 2.45) is 11.7 Å². The lowest BCUT2D eigenvalue weighted by molar-refractivity contribution is 0.308. The molecule has 1 aliphatic carbocycles. The van der Waals surface area contributed by atoms with E-state index in [0.717, 1.165) is 0 Å². The Bertz CT molecular complexity index is 765. The molecule has 1 unspecified atom stereocenters. The third-order valence-corrected chi connectivity index (χ3v) is 5.07. The number of hydrogen-bond acceptors (Lipinski definition) is 1. The summed E-state index contributed by atoms with van der Waals surface area (Å²) in [4.78, 5) is 3.48. The van der Waals surface area contributed by atoms with Crippen LogP contribution in [0.5, 0.6) is 0 Å². The molecule has 2 heteroatoms. The Labute approximate surface area is 125 Å². The highest BCUT2D eigenvalue weighted by Crippen LogP contribution is 2.35. The number of nitrogens with one attached hydrogen (secondary N) is 1. The van der Waals surface area contributed by atoms with Crippen LogP contribution >= 0.6 is 0 Å². The molecular weight excluding hydrogens is 256 g/mol. The minimum absolute atomic E-state index is 0.184. The van der Waals surface area contributed by atoms with Crippen molar-refractivity contribution in [3.8, 4) is 0 Å². The Hall–Kier alpha value is -1.80. The maximum absolute atomic E-state index is 6.56. The van der Waals surface area contributed by atoms with Crippen molar-refractivity contribution >= 4 is 21.8 Å². The van der Waals surface area contributed by atoms with Crippen LogP contribution in [0.1, 0.15) is 43.7 Å². The number of nitrogens with two attached hydrogens (primary N) is 1. The molecule has 1 aliphatic rings. The molecule has 1 fully saturated rings. The summed E-state index contributed by atoms with van der Waals surface area (Å²) in [5, 5.41) is 2.60. The van der Waals surface area contributed by atoms with E-state index in [1.54, 1.807) is 0 Å². The summed E-state index contributed by atoms with van der Waals surface area (Å²) in [5.74, 6) is 0.654. The average Bonchev–Trinajstić information content (AvgIpc) is 2.93. The maximum Gasteiger partial charge on any atom is 0.0465 e. The Balaban J connectivity index is 1.76. The monoisotopic (exact) mass is 278 g/mol. The van der Waals surface area contributed by atoms with Gasteiger partial charge in [0, 0.05) is 27.8 Å². The number of aromatic nitrogens is 1. The van der Waals surface area contributed by atoms with E-state index in [9.17, 15) is 0 Å². The van der Waals surface area contributed by atoms with Gasteiger partial charge in [-0.05, 0) is 42.5 Å². The van der Waals surface area contributed by atoms with Crippen LogP contribution in [0.4, 0.5) is 0 Å². The molecule has 3 N–H and O–H groups in total. The molecule has 0 aliphatic heterocycles. The van der Waals surface area contributed by atoms with E-state index < -0.39 is 0 Å². The van der Waals surface area contributed by atoms with Gasteiger partial charge in [-0.3, -0.25) is 0 Å². The van der Waals surface area contributed by atoms with E-state index >= 15 is 0 Å². The van der Waals surface area contributed by atoms with Gasteiger partial charge >= 0.3 is 0 Å². The topological polar surface area (TPSA) is 41.8 Å². The van der Waals surface area contributed by atoms with Crippen LogP contribution in [-0.4, -0.2) is 4.98 Å². The quantitative estimate of drug-likeness (QED) is 0.687. The molecule has 2 aromatic carbocycles. The van der Waals surface area contributed by atoms with Crippen LogP contribution in [-0.2, 0) is 0 Å². The van der Waals surface area contributed by atoms with Crippen molar-refractivity contribution in [3.63, 3.8) is 0 Å². The van der Waals surface area contributed by atoms with Crippen molar-refractivity contribution in [2.45, 2.75) is 38.1 Å². The Morgan fingerprint density at radius 1 is 0.905 bits per heavy atom. The minimum atomic E-state index is 0.184. The Morgan fingerprint density at radius 3 is 2.52 bits per heavy atom. The molecule has 108 valence electrons. The van der Waals surface area contributed by atoms with Crippen molar-refractivity contribution in [1.82, 2.24) is 4.98 Å². The fourth-order valence-corrected chi connectivity index (χ4v) is 3.84. The van der Waals surface area contributed by atoms with E-state index in [-0.39, 0.29) is 6.04 Å².